The zero-order valence-corrected chi connectivity index (χ0v) is 49.3. The number of hydrogen-bond donors (Lipinski definition) is 0. The molecule has 416 valence electrons. The van der Waals surface area contributed by atoms with E-state index in [0.717, 1.165) is 0 Å². The van der Waals surface area contributed by atoms with Gasteiger partial charge in [-0.25, -0.2) is 0 Å². The van der Waals surface area contributed by atoms with Crippen molar-refractivity contribution >= 4 is 129 Å². The molecule has 0 amide bonds. The molecule has 0 saturated carbocycles. The van der Waals surface area contributed by atoms with Crippen LogP contribution in [0.5, 0.6) is 0 Å². The molecule has 0 saturated heterocycles. The molecule has 0 nitrogen and oxygen atoms in total. The monoisotopic (exact) mass is 1140 g/mol. The fourth-order valence-corrected chi connectivity index (χ4v) is 15.1. The zero-order valence-electron chi connectivity index (χ0n) is 49.3. The molecule has 0 unspecified atom stereocenters. The first-order valence-electron chi connectivity index (χ1n) is 31.3. The van der Waals surface area contributed by atoms with Crippen LogP contribution in [0.3, 0.4) is 0 Å². The maximum absolute atomic E-state index is 2.45. The molecular weight excluding hydrogens is 1080 g/mol. The second kappa shape index (κ2) is 21.0. The quantitative estimate of drug-likeness (QED) is 0.151. The van der Waals surface area contributed by atoms with Crippen molar-refractivity contribution in [2.75, 3.05) is 0 Å². The van der Waals surface area contributed by atoms with E-state index in [-0.39, 0.29) is 0 Å². The molecule has 0 spiro atoms. The molecule has 0 N–H and O–H groups in total. The molecule has 0 heteroatoms. The lowest BCUT2D eigenvalue weighted by molar-refractivity contribution is 1.64. The lowest BCUT2D eigenvalue weighted by atomic mass is 9.85. The molecule has 0 aliphatic carbocycles. The van der Waals surface area contributed by atoms with Crippen LogP contribution in [0.1, 0.15) is 0 Å². The lowest BCUT2D eigenvalue weighted by Gasteiger charge is -2.18. The van der Waals surface area contributed by atoms with Crippen molar-refractivity contribution in [3.63, 3.8) is 0 Å². The van der Waals surface area contributed by atoms with Gasteiger partial charge in [0.15, 0.2) is 0 Å². The fourth-order valence-electron chi connectivity index (χ4n) is 15.1. The van der Waals surface area contributed by atoms with Crippen molar-refractivity contribution in [1.82, 2.24) is 0 Å². The lowest BCUT2D eigenvalue weighted by Crippen LogP contribution is -1.91. The van der Waals surface area contributed by atoms with Crippen molar-refractivity contribution < 1.29 is 0 Å². The van der Waals surface area contributed by atoms with E-state index in [2.05, 4.69) is 340 Å². The summed E-state index contributed by atoms with van der Waals surface area (Å²) < 4.78 is 0. The molecule has 19 aromatic carbocycles. The Morgan fingerprint density at radius 2 is 0.311 bits per heavy atom. The van der Waals surface area contributed by atoms with E-state index in [1.165, 1.54) is 185 Å². The van der Waals surface area contributed by atoms with Gasteiger partial charge in [0, 0.05) is 0 Å². The zero-order chi connectivity index (χ0) is 59.2. The Morgan fingerprint density at radius 1 is 0.100 bits per heavy atom. The average molecular weight is 1140 g/mol. The summed E-state index contributed by atoms with van der Waals surface area (Å²) in [5, 5.41) is 30.8. The second-order valence-corrected chi connectivity index (χ2v) is 24.1. The maximum Gasteiger partial charge on any atom is -0.00923 e. The van der Waals surface area contributed by atoms with Crippen LogP contribution in [0, 0.1) is 0 Å². The Labute approximate surface area is 521 Å². The number of hydrogen-bond acceptors (Lipinski definition) is 0. The molecule has 0 radical (unpaired) electrons. The minimum atomic E-state index is 1.23. The van der Waals surface area contributed by atoms with E-state index < -0.39 is 0 Å². The summed E-state index contributed by atoms with van der Waals surface area (Å²) in [6.45, 7) is 0. The molecule has 0 aromatic heterocycles. The Kier molecular flexibility index (Phi) is 12.0. The molecule has 19 rings (SSSR count). The molecule has 0 aliphatic heterocycles. The predicted octanol–water partition coefficient (Wildman–Crippen LogP) is 25.5. The Bertz CT molecular complexity index is 6130. The van der Waals surface area contributed by atoms with Crippen LogP contribution >= 0.6 is 0 Å². The number of fused-ring (bicyclic) bond motifs is 18. The van der Waals surface area contributed by atoms with Gasteiger partial charge in [-0.05, 0) is 221 Å². The van der Waals surface area contributed by atoms with Crippen molar-refractivity contribution in [2.24, 2.45) is 0 Å². The third-order valence-electron chi connectivity index (χ3n) is 19.3. The van der Waals surface area contributed by atoms with Crippen molar-refractivity contribution in [1.29, 1.82) is 0 Å². The van der Waals surface area contributed by atoms with E-state index in [4.69, 9.17) is 0 Å². The van der Waals surface area contributed by atoms with Gasteiger partial charge in [0.25, 0.3) is 0 Å². The number of rotatable bonds is 5. The van der Waals surface area contributed by atoms with Gasteiger partial charge < -0.3 is 0 Å². The van der Waals surface area contributed by atoms with Crippen LogP contribution in [0.15, 0.2) is 340 Å². The van der Waals surface area contributed by atoms with Gasteiger partial charge >= 0.3 is 0 Å². The Balaban J connectivity index is 0.000000135. The third kappa shape index (κ3) is 8.30. The molecule has 0 aliphatic rings. The molecule has 0 heterocycles. The average Bonchev–Trinajstić information content (AvgIpc) is 0.844. The van der Waals surface area contributed by atoms with Crippen LogP contribution < -0.4 is 0 Å². The van der Waals surface area contributed by atoms with Gasteiger partial charge in [0.1, 0.15) is 0 Å². The van der Waals surface area contributed by atoms with Crippen molar-refractivity contribution in [3.8, 4) is 55.6 Å². The standard InChI is InChI=1S/C48H30.C42H26/c1-3-15-35-31(12-1)14-11-23-38(35)46-30-48-41-20-8-7-19-40(41)45(29-47(48)43-22-10-9-21-42(43)46)33-26-24-32(25-27-33)44-28-34-13-2-4-16-36(34)37-17-5-6-18-39(37)44;1-3-15-29-27(12-1)14-11-23-32(29)39-25-41-37-22-10-9-21-36(37)40(26-42(41)35-20-8-7-19-34(35)39)38-24-28-13-2-4-16-30(28)31-17-5-6-18-33(31)38/h1-30H;1-26H. The van der Waals surface area contributed by atoms with Crippen LogP contribution in [0.4, 0.5) is 0 Å². The molecule has 90 heavy (non-hydrogen) atoms. The van der Waals surface area contributed by atoms with Gasteiger partial charge in [-0.1, -0.05) is 303 Å². The highest BCUT2D eigenvalue weighted by molar-refractivity contribution is 6.28. The summed E-state index contributed by atoms with van der Waals surface area (Å²) in [7, 11) is 0. The highest BCUT2D eigenvalue weighted by Crippen LogP contribution is 2.47. The molecular formula is C90H56. The van der Waals surface area contributed by atoms with Crippen molar-refractivity contribution in [2.45, 2.75) is 0 Å². The van der Waals surface area contributed by atoms with Crippen LogP contribution in [0.2, 0.25) is 0 Å². The largest absolute Gasteiger partial charge is 0.0616 e. The van der Waals surface area contributed by atoms with E-state index in [1.807, 2.05) is 0 Å². The summed E-state index contributed by atoms with van der Waals surface area (Å²) in [6, 6.07) is 125. The topological polar surface area (TPSA) is 0 Å². The van der Waals surface area contributed by atoms with Crippen LogP contribution in [-0.2, 0) is 0 Å². The van der Waals surface area contributed by atoms with Gasteiger partial charge in [0.2, 0.25) is 0 Å². The summed E-state index contributed by atoms with van der Waals surface area (Å²) >= 11 is 0. The molecule has 19 aromatic rings. The summed E-state index contributed by atoms with van der Waals surface area (Å²) in [6.07, 6.45) is 0. The van der Waals surface area contributed by atoms with E-state index >= 15 is 0 Å². The molecule has 0 bridgehead atoms. The molecule has 0 fully saturated rings. The Hall–Kier alpha value is -11.7. The van der Waals surface area contributed by atoms with Gasteiger partial charge in [-0.3, -0.25) is 0 Å². The first-order chi connectivity index (χ1) is 44.7. The van der Waals surface area contributed by atoms with Gasteiger partial charge in [-0.15, -0.1) is 0 Å². The fraction of sp³-hybridized carbons (Fsp3) is 0. The van der Waals surface area contributed by atoms with E-state index in [1.54, 1.807) is 0 Å². The predicted molar refractivity (Wildman–Crippen MR) is 390 cm³/mol. The molecule has 0 atom stereocenters. The highest BCUT2D eigenvalue weighted by Gasteiger charge is 2.20. The first-order valence-corrected chi connectivity index (χ1v) is 31.3. The SMILES string of the molecule is c1ccc2c(-c3cc4c5ccccc5c(-c5cc6ccccc6c6ccccc56)cc4c4ccccc34)cccc2c1.c1ccc2c(-c3cc4c5ccccc5c(-c5ccc(-c6cc7ccccc7c7ccccc67)cc5)cc4c4ccccc34)cccc2c1. The minimum absolute atomic E-state index is 1.23. The van der Waals surface area contributed by atoms with Crippen LogP contribution in [-0.4, -0.2) is 0 Å². The summed E-state index contributed by atoms with van der Waals surface area (Å²) in [5.74, 6) is 0. The van der Waals surface area contributed by atoms with E-state index in [0.29, 0.717) is 0 Å². The van der Waals surface area contributed by atoms with Crippen LogP contribution in [0.25, 0.3) is 185 Å². The first kappa shape index (κ1) is 51.5. The highest BCUT2D eigenvalue weighted by atomic mass is 14.2. The maximum atomic E-state index is 2.45. The second-order valence-electron chi connectivity index (χ2n) is 24.1. The summed E-state index contributed by atoms with van der Waals surface area (Å²) in [5.41, 5.74) is 12.7. The minimum Gasteiger partial charge on any atom is -0.0616 e. The smallest absolute Gasteiger partial charge is 0.00923 e. The third-order valence-corrected chi connectivity index (χ3v) is 19.3. The van der Waals surface area contributed by atoms with E-state index in [9.17, 15) is 0 Å². The Morgan fingerprint density at radius 3 is 0.667 bits per heavy atom. The summed E-state index contributed by atoms with van der Waals surface area (Å²) in [4.78, 5) is 0. The number of benzene rings is 19. The van der Waals surface area contributed by atoms with Gasteiger partial charge in [-0.2, -0.15) is 0 Å². The van der Waals surface area contributed by atoms with Gasteiger partial charge in [0.05, 0.1) is 0 Å². The van der Waals surface area contributed by atoms with Crippen molar-refractivity contribution in [3.05, 3.63) is 340 Å². The normalized spacial score (nSPS) is 11.8.